The lowest BCUT2D eigenvalue weighted by molar-refractivity contribution is -0.128. The number of sulfonamides is 1. The fourth-order valence-electron chi connectivity index (χ4n) is 5.90. The van der Waals surface area contributed by atoms with Crippen LogP contribution < -0.4 is 4.90 Å². The van der Waals surface area contributed by atoms with Crippen molar-refractivity contribution in [2.45, 2.75) is 39.5 Å². The minimum Gasteiger partial charge on any atom is -0.347 e. The normalized spacial score (nSPS) is 29.1. The van der Waals surface area contributed by atoms with E-state index in [1.54, 1.807) is 15.6 Å². The zero-order chi connectivity index (χ0) is 22.0. The molecule has 5 rings (SSSR count). The Labute approximate surface area is 192 Å². The van der Waals surface area contributed by atoms with Gasteiger partial charge in [0.1, 0.15) is 5.78 Å². The molecule has 0 N–H and O–H groups in total. The molecule has 3 aliphatic rings. The average Bonchev–Trinajstić information content (AvgIpc) is 3.15. The Balaban J connectivity index is 1.33. The monoisotopic (exact) mass is 481 g/mol. The van der Waals surface area contributed by atoms with E-state index in [0.29, 0.717) is 43.4 Å². The van der Waals surface area contributed by atoms with Crippen LogP contribution in [0.3, 0.4) is 0 Å². The van der Waals surface area contributed by atoms with Gasteiger partial charge in [0.25, 0.3) is 0 Å². The van der Waals surface area contributed by atoms with Crippen LogP contribution in [-0.4, -0.2) is 55.4 Å². The first-order chi connectivity index (χ1) is 14.6. The number of thiazole rings is 1. The molecule has 168 valence electrons. The highest BCUT2D eigenvalue weighted by Gasteiger charge is 2.65. The van der Waals surface area contributed by atoms with Gasteiger partial charge in [-0.25, -0.2) is 17.7 Å². The molecule has 0 radical (unpaired) electrons. The van der Waals surface area contributed by atoms with E-state index in [0.717, 1.165) is 34.7 Å². The van der Waals surface area contributed by atoms with Crippen LogP contribution in [0.25, 0.3) is 10.2 Å². The van der Waals surface area contributed by atoms with Gasteiger partial charge >= 0.3 is 0 Å². The van der Waals surface area contributed by atoms with Crippen LogP contribution >= 0.6 is 22.9 Å². The summed E-state index contributed by atoms with van der Waals surface area (Å²) in [5, 5.41) is 1.59. The quantitative estimate of drug-likeness (QED) is 0.654. The second kappa shape index (κ2) is 7.40. The summed E-state index contributed by atoms with van der Waals surface area (Å²) < 4.78 is 29.6. The standard InChI is InChI=1S/C22H28ClN3O3S2/c1-21(2)15-6-7-22(21,19(27)12-15)14-31(28,29)26-9-3-8-25(10-11-26)20-24-17-5-4-16(23)13-18(17)30-20/h4-5,13,15H,3,6-12,14H2,1-2H3/t15-,22-/m0/s1. The molecule has 2 saturated carbocycles. The summed E-state index contributed by atoms with van der Waals surface area (Å²) >= 11 is 7.69. The van der Waals surface area contributed by atoms with Crippen molar-refractivity contribution in [1.82, 2.24) is 9.29 Å². The van der Waals surface area contributed by atoms with E-state index in [9.17, 15) is 13.2 Å². The number of Topliss-reactive ketones (excluding diaryl/α,β-unsaturated/α-hetero) is 1. The number of hydrogen-bond acceptors (Lipinski definition) is 6. The molecule has 1 aromatic heterocycles. The van der Waals surface area contributed by atoms with Crippen molar-refractivity contribution < 1.29 is 13.2 Å². The van der Waals surface area contributed by atoms with Gasteiger partial charge in [0.15, 0.2) is 5.13 Å². The van der Waals surface area contributed by atoms with Gasteiger partial charge in [-0.2, -0.15) is 0 Å². The third-order valence-electron chi connectivity index (χ3n) is 8.03. The summed E-state index contributed by atoms with van der Waals surface area (Å²) in [7, 11) is -3.52. The molecule has 0 amide bonds. The minimum atomic E-state index is -3.52. The Morgan fingerprint density at radius 3 is 2.74 bits per heavy atom. The molecular formula is C22H28ClN3O3S2. The minimum absolute atomic E-state index is 0.0397. The zero-order valence-corrected chi connectivity index (χ0v) is 20.3. The van der Waals surface area contributed by atoms with Gasteiger partial charge in [-0.3, -0.25) is 4.79 Å². The van der Waals surface area contributed by atoms with E-state index in [1.807, 2.05) is 18.2 Å². The number of rotatable bonds is 4. The van der Waals surface area contributed by atoms with Crippen molar-refractivity contribution in [3.8, 4) is 0 Å². The van der Waals surface area contributed by atoms with Crippen molar-refractivity contribution in [3.63, 3.8) is 0 Å². The number of ketones is 1. The number of hydrogen-bond donors (Lipinski definition) is 0. The Bertz CT molecular complexity index is 1150. The molecule has 0 unspecified atom stereocenters. The number of fused-ring (bicyclic) bond motifs is 3. The van der Waals surface area contributed by atoms with Crippen LogP contribution in [0.2, 0.25) is 5.02 Å². The molecule has 2 bridgehead atoms. The molecule has 2 atom stereocenters. The maximum atomic E-state index is 13.5. The third kappa shape index (κ3) is 3.41. The second-order valence-corrected chi connectivity index (χ2v) is 13.2. The highest BCUT2D eigenvalue weighted by molar-refractivity contribution is 7.89. The highest BCUT2D eigenvalue weighted by atomic mass is 35.5. The number of carbonyl (C=O) groups is 1. The molecule has 6 nitrogen and oxygen atoms in total. The molecule has 1 aromatic carbocycles. The summed E-state index contributed by atoms with van der Waals surface area (Å²) in [4.78, 5) is 19.7. The third-order valence-corrected chi connectivity index (χ3v) is 11.3. The first-order valence-corrected chi connectivity index (χ1v) is 13.7. The number of aromatic nitrogens is 1. The lowest BCUT2D eigenvalue weighted by Gasteiger charge is -2.37. The highest BCUT2D eigenvalue weighted by Crippen LogP contribution is 2.64. The van der Waals surface area contributed by atoms with Gasteiger partial charge in [0.2, 0.25) is 10.0 Å². The molecule has 2 aromatic rings. The van der Waals surface area contributed by atoms with E-state index in [4.69, 9.17) is 16.6 Å². The number of nitrogens with zero attached hydrogens (tertiary/aromatic N) is 3. The molecular weight excluding hydrogens is 454 g/mol. The number of carbonyl (C=O) groups excluding carboxylic acids is 1. The van der Waals surface area contributed by atoms with Crippen molar-refractivity contribution in [3.05, 3.63) is 23.2 Å². The molecule has 9 heteroatoms. The van der Waals surface area contributed by atoms with E-state index in [2.05, 4.69) is 18.7 Å². The van der Waals surface area contributed by atoms with Crippen LogP contribution in [0.1, 0.15) is 39.5 Å². The van der Waals surface area contributed by atoms with E-state index in [1.165, 1.54) is 0 Å². The molecule has 1 aliphatic heterocycles. The van der Waals surface area contributed by atoms with Gasteiger partial charge in [0, 0.05) is 43.0 Å². The van der Waals surface area contributed by atoms with E-state index >= 15 is 0 Å². The maximum absolute atomic E-state index is 13.5. The maximum Gasteiger partial charge on any atom is 0.215 e. The Morgan fingerprint density at radius 1 is 1.23 bits per heavy atom. The van der Waals surface area contributed by atoms with Crippen LogP contribution in [-0.2, 0) is 14.8 Å². The van der Waals surface area contributed by atoms with Gasteiger partial charge in [-0.05, 0) is 48.8 Å². The van der Waals surface area contributed by atoms with E-state index < -0.39 is 15.4 Å². The SMILES string of the molecule is CC1(C)[C@H]2CC[C@]1(CS(=O)(=O)N1CCCN(c3nc4ccc(Cl)cc4s3)CC1)C(=O)C2. The second-order valence-electron chi connectivity index (χ2n) is 9.77. The Morgan fingerprint density at radius 2 is 2.03 bits per heavy atom. The molecule has 1 saturated heterocycles. The molecule has 2 heterocycles. The summed E-state index contributed by atoms with van der Waals surface area (Å²) in [5.41, 5.74) is -0.0403. The van der Waals surface area contributed by atoms with Crippen molar-refractivity contribution in [2.75, 3.05) is 36.8 Å². The summed E-state index contributed by atoms with van der Waals surface area (Å²) in [6, 6.07) is 5.67. The number of halogens is 1. The number of anilines is 1. The number of benzene rings is 1. The van der Waals surface area contributed by atoms with Crippen LogP contribution in [0, 0.1) is 16.7 Å². The Hall–Kier alpha value is -1.22. The molecule has 3 fully saturated rings. The van der Waals surface area contributed by atoms with Crippen molar-refractivity contribution in [2.24, 2.45) is 16.7 Å². The zero-order valence-electron chi connectivity index (χ0n) is 17.9. The molecule has 0 spiro atoms. The lowest BCUT2D eigenvalue weighted by Crippen LogP contribution is -2.47. The first kappa shape index (κ1) is 21.6. The smallest absolute Gasteiger partial charge is 0.215 e. The van der Waals surface area contributed by atoms with Gasteiger partial charge in [-0.15, -0.1) is 0 Å². The molecule has 2 aliphatic carbocycles. The van der Waals surface area contributed by atoms with Gasteiger partial charge < -0.3 is 4.90 Å². The van der Waals surface area contributed by atoms with Crippen molar-refractivity contribution >= 4 is 54.1 Å². The predicted octanol–water partition coefficient (Wildman–Crippen LogP) is 4.19. The lowest BCUT2D eigenvalue weighted by atomic mass is 9.70. The predicted molar refractivity (Wildman–Crippen MR) is 125 cm³/mol. The summed E-state index contributed by atoms with van der Waals surface area (Å²) in [6.45, 7) is 6.46. The molecule has 31 heavy (non-hydrogen) atoms. The fraction of sp³-hybridized carbons (Fsp3) is 0.636. The first-order valence-electron chi connectivity index (χ1n) is 10.9. The summed E-state index contributed by atoms with van der Waals surface area (Å²) in [5.74, 6) is 0.436. The van der Waals surface area contributed by atoms with Crippen molar-refractivity contribution in [1.29, 1.82) is 0 Å². The van der Waals surface area contributed by atoms with Crippen LogP contribution in [0.5, 0.6) is 0 Å². The van der Waals surface area contributed by atoms with Gasteiger partial charge in [0.05, 0.1) is 16.0 Å². The topological polar surface area (TPSA) is 70.6 Å². The van der Waals surface area contributed by atoms with E-state index in [-0.39, 0.29) is 17.0 Å². The van der Waals surface area contributed by atoms with Crippen LogP contribution in [0.4, 0.5) is 5.13 Å². The Kier molecular flexibility index (Phi) is 5.16. The van der Waals surface area contributed by atoms with Gasteiger partial charge in [-0.1, -0.05) is 36.8 Å². The average molecular weight is 482 g/mol. The van der Waals surface area contributed by atoms with Crippen LogP contribution in [0.15, 0.2) is 18.2 Å². The summed E-state index contributed by atoms with van der Waals surface area (Å²) in [6.07, 6.45) is 2.95. The largest absolute Gasteiger partial charge is 0.347 e. The fourth-order valence-corrected chi connectivity index (χ4v) is 9.44.